The first-order valence-corrected chi connectivity index (χ1v) is 8.35. The highest BCUT2D eigenvalue weighted by Crippen LogP contribution is 2.27. The lowest BCUT2D eigenvalue weighted by Crippen LogP contribution is -2.37. The molecule has 8 heteroatoms. The molecule has 0 saturated heterocycles. The predicted molar refractivity (Wildman–Crippen MR) is 102 cm³/mol. The van der Waals surface area contributed by atoms with Gasteiger partial charge in [0.25, 0.3) is 11.8 Å². The molecule has 0 aliphatic rings. The van der Waals surface area contributed by atoms with Crippen LogP contribution in [0, 0.1) is 12.7 Å². The normalized spacial score (nSPS) is 11.4. The highest BCUT2D eigenvalue weighted by atomic mass is 35.5. The Labute approximate surface area is 156 Å². The van der Waals surface area contributed by atoms with Gasteiger partial charge in [-0.05, 0) is 50.7 Å². The number of carbonyl (C=O) groups excluding carboxylic acids is 2. The molecule has 2 amide bonds. The van der Waals surface area contributed by atoms with E-state index in [0.29, 0.717) is 16.4 Å². The number of thiophene rings is 1. The van der Waals surface area contributed by atoms with Crippen molar-refractivity contribution in [3.05, 3.63) is 52.2 Å². The van der Waals surface area contributed by atoms with Gasteiger partial charge >= 0.3 is 0 Å². The van der Waals surface area contributed by atoms with Crippen molar-refractivity contribution in [2.24, 2.45) is 0 Å². The lowest BCUT2D eigenvalue weighted by molar-refractivity contribution is 0.0953. The molecule has 25 heavy (non-hydrogen) atoms. The van der Waals surface area contributed by atoms with Gasteiger partial charge in [-0.1, -0.05) is 6.07 Å². The molecule has 1 heterocycles. The average Bonchev–Trinajstić information content (AvgIpc) is 2.92. The van der Waals surface area contributed by atoms with E-state index in [0.717, 1.165) is 5.56 Å². The van der Waals surface area contributed by atoms with Crippen LogP contribution in [0.2, 0.25) is 0 Å². The zero-order valence-corrected chi connectivity index (χ0v) is 15.8. The van der Waals surface area contributed by atoms with Crippen molar-refractivity contribution in [1.29, 1.82) is 0 Å². The Morgan fingerprint density at radius 2 is 1.96 bits per heavy atom. The van der Waals surface area contributed by atoms with Gasteiger partial charge in [0.2, 0.25) is 0 Å². The molecule has 0 radical (unpaired) electrons. The Bertz CT molecular complexity index is 751. The summed E-state index contributed by atoms with van der Waals surface area (Å²) < 4.78 is 13.2. The first kappa shape index (κ1) is 21.1. The van der Waals surface area contributed by atoms with E-state index in [1.807, 2.05) is 20.9 Å². The number of likely N-dealkylation sites (N-methyl/N-ethyl adjacent to an activating group) is 1. The third kappa shape index (κ3) is 5.81. The monoisotopic (exact) mass is 385 g/mol. The lowest BCUT2D eigenvalue weighted by atomic mass is 10.2. The van der Waals surface area contributed by atoms with Gasteiger partial charge in [-0.3, -0.25) is 9.59 Å². The quantitative estimate of drug-likeness (QED) is 0.715. The summed E-state index contributed by atoms with van der Waals surface area (Å²) in [7, 11) is 1.83. The van der Waals surface area contributed by atoms with Crippen molar-refractivity contribution in [2.75, 3.05) is 18.9 Å². The number of benzene rings is 1. The number of anilines is 1. The number of hydrogen-bond acceptors (Lipinski definition) is 4. The van der Waals surface area contributed by atoms with Crippen LogP contribution in [0.3, 0.4) is 0 Å². The van der Waals surface area contributed by atoms with Gasteiger partial charge < -0.3 is 16.0 Å². The first-order chi connectivity index (χ1) is 11.4. The van der Waals surface area contributed by atoms with Crippen LogP contribution in [0.25, 0.3) is 0 Å². The van der Waals surface area contributed by atoms with Crippen LogP contribution in [0.15, 0.2) is 30.3 Å². The van der Waals surface area contributed by atoms with Gasteiger partial charge in [0.15, 0.2) is 0 Å². The fourth-order valence-corrected chi connectivity index (χ4v) is 3.00. The largest absolute Gasteiger partial charge is 0.350 e. The van der Waals surface area contributed by atoms with Gasteiger partial charge in [0.05, 0.1) is 9.88 Å². The minimum Gasteiger partial charge on any atom is -0.350 e. The second-order valence-corrected chi connectivity index (χ2v) is 6.54. The maximum atomic E-state index is 13.2. The minimum absolute atomic E-state index is 0. The first-order valence-electron chi connectivity index (χ1n) is 7.53. The number of aryl methyl sites for hydroxylation is 1. The number of hydrogen-bond donors (Lipinski definition) is 3. The van der Waals surface area contributed by atoms with Crippen molar-refractivity contribution in [3.63, 3.8) is 0 Å². The van der Waals surface area contributed by atoms with E-state index >= 15 is 0 Å². The third-order valence-corrected chi connectivity index (χ3v) is 4.66. The molecular weight excluding hydrogens is 365 g/mol. The Morgan fingerprint density at radius 1 is 1.24 bits per heavy atom. The van der Waals surface area contributed by atoms with Crippen LogP contribution in [-0.2, 0) is 0 Å². The molecule has 0 aliphatic carbocycles. The molecule has 1 aromatic heterocycles. The second-order valence-electron chi connectivity index (χ2n) is 5.49. The van der Waals surface area contributed by atoms with Crippen LogP contribution < -0.4 is 16.0 Å². The van der Waals surface area contributed by atoms with Crippen molar-refractivity contribution in [3.8, 4) is 0 Å². The summed E-state index contributed by atoms with van der Waals surface area (Å²) in [5.41, 5.74) is 1.01. The van der Waals surface area contributed by atoms with E-state index in [4.69, 9.17) is 0 Å². The summed E-state index contributed by atoms with van der Waals surface area (Å²) in [6.07, 6.45) is 0. The van der Waals surface area contributed by atoms with Crippen molar-refractivity contribution < 1.29 is 14.0 Å². The predicted octanol–water partition coefficient (Wildman–Crippen LogP) is 3.21. The molecule has 1 aromatic carbocycles. The number of amides is 2. The lowest BCUT2D eigenvalue weighted by Gasteiger charge is -2.10. The summed E-state index contributed by atoms with van der Waals surface area (Å²) in [6, 6.07) is 7.36. The summed E-state index contributed by atoms with van der Waals surface area (Å²) in [4.78, 5) is 24.9. The highest BCUT2D eigenvalue weighted by Gasteiger charge is 2.16. The van der Waals surface area contributed by atoms with Gasteiger partial charge in [-0.25, -0.2) is 4.39 Å². The summed E-state index contributed by atoms with van der Waals surface area (Å²) >= 11 is 1.20. The van der Waals surface area contributed by atoms with Gasteiger partial charge in [-0.2, -0.15) is 0 Å². The summed E-state index contributed by atoms with van der Waals surface area (Å²) in [5, 5.41) is 9.13. The Balaban J connectivity index is 0.00000312. The van der Waals surface area contributed by atoms with Crippen molar-refractivity contribution >= 4 is 40.6 Å². The van der Waals surface area contributed by atoms with Crippen LogP contribution >= 0.6 is 23.7 Å². The molecule has 3 N–H and O–H groups in total. The van der Waals surface area contributed by atoms with Crippen LogP contribution in [0.4, 0.5) is 9.39 Å². The van der Waals surface area contributed by atoms with Gasteiger partial charge in [0, 0.05) is 18.2 Å². The van der Waals surface area contributed by atoms with Crippen LogP contribution in [-0.4, -0.2) is 31.4 Å². The van der Waals surface area contributed by atoms with Gasteiger partial charge in [0.1, 0.15) is 5.82 Å². The standard InChI is InChI=1S/C17H20FN3O2S.ClH/c1-10-7-14(21-16(22)12-5-4-6-13(18)8-12)24-15(10)17(23)20-9-11(2)19-3;/h4-8,11,19H,9H2,1-3H3,(H,20,23)(H,21,22);1H. The summed E-state index contributed by atoms with van der Waals surface area (Å²) in [5.74, 6) is -1.05. The second kappa shape index (κ2) is 9.50. The van der Waals surface area contributed by atoms with E-state index in [2.05, 4.69) is 16.0 Å². The van der Waals surface area contributed by atoms with Crippen LogP contribution in [0.5, 0.6) is 0 Å². The maximum Gasteiger partial charge on any atom is 0.261 e. The number of carbonyl (C=O) groups is 2. The van der Waals surface area contributed by atoms with E-state index in [-0.39, 0.29) is 29.9 Å². The van der Waals surface area contributed by atoms with E-state index < -0.39 is 11.7 Å². The van der Waals surface area contributed by atoms with E-state index in [9.17, 15) is 14.0 Å². The zero-order valence-electron chi connectivity index (χ0n) is 14.2. The molecule has 0 aliphatic heterocycles. The highest BCUT2D eigenvalue weighted by molar-refractivity contribution is 7.18. The Kier molecular flexibility index (Phi) is 8.02. The molecule has 5 nitrogen and oxygen atoms in total. The molecule has 136 valence electrons. The van der Waals surface area contributed by atoms with Gasteiger partial charge in [-0.15, -0.1) is 23.7 Å². The van der Waals surface area contributed by atoms with E-state index in [1.54, 1.807) is 6.07 Å². The molecule has 0 bridgehead atoms. The molecule has 2 rings (SSSR count). The topological polar surface area (TPSA) is 70.2 Å². The molecular formula is C17H21ClFN3O2S. The van der Waals surface area contributed by atoms with Crippen molar-refractivity contribution in [1.82, 2.24) is 10.6 Å². The number of rotatable bonds is 6. The fourth-order valence-electron chi connectivity index (χ4n) is 2.01. The Hall–Kier alpha value is -1.96. The molecule has 1 atom stereocenters. The van der Waals surface area contributed by atoms with Crippen molar-refractivity contribution in [2.45, 2.75) is 19.9 Å². The molecule has 0 saturated carbocycles. The smallest absolute Gasteiger partial charge is 0.261 e. The van der Waals surface area contributed by atoms with Crippen LogP contribution in [0.1, 0.15) is 32.5 Å². The SMILES string of the molecule is CNC(C)CNC(=O)c1sc(NC(=O)c2cccc(F)c2)cc1C.Cl. The molecule has 0 fully saturated rings. The average molecular weight is 386 g/mol. The fraction of sp³-hybridized carbons (Fsp3) is 0.294. The maximum absolute atomic E-state index is 13.2. The molecule has 1 unspecified atom stereocenters. The zero-order chi connectivity index (χ0) is 17.7. The minimum atomic E-state index is -0.469. The Morgan fingerprint density at radius 3 is 2.60 bits per heavy atom. The van der Waals surface area contributed by atoms with E-state index in [1.165, 1.54) is 35.6 Å². The number of nitrogens with one attached hydrogen (secondary N) is 3. The molecule has 0 spiro atoms. The molecule has 2 aromatic rings. The number of halogens is 2. The summed E-state index contributed by atoms with van der Waals surface area (Å²) in [6.45, 7) is 4.29. The third-order valence-electron chi connectivity index (χ3n) is 3.51.